The molecule has 0 aliphatic rings. The number of hydrogen-bond acceptors (Lipinski definition) is 8. The van der Waals surface area contributed by atoms with Crippen molar-refractivity contribution in [2.75, 3.05) is 13.2 Å². The van der Waals surface area contributed by atoms with E-state index in [9.17, 15) is 14.4 Å². The largest absolute Gasteiger partial charge is 0.490 e. The van der Waals surface area contributed by atoms with Crippen LogP contribution in [0.15, 0.2) is 91.5 Å². The summed E-state index contributed by atoms with van der Waals surface area (Å²) in [5, 5.41) is 0. The standard InChI is InChI=1S/C31H30O8/c1-6-29(32)38-28-19-26(15-16-27(28)39-31(34)21(4)5)36-18-17-35-24-11-7-22(8-12-24)23-9-13-25(14-10-23)37-30(33)20(2)3/h6-16,19,21H,1-2,17-18H2,3-5H3. The molecule has 0 fully saturated rings. The summed E-state index contributed by atoms with van der Waals surface area (Å²) >= 11 is 0. The topological polar surface area (TPSA) is 97.4 Å². The van der Waals surface area contributed by atoms with Crippen molar-refractivity contribution in [2.24, 2.45) is 5.92 Å². The summed E-state index contributed by atoms with van der Waals surface area (Å²) in [7, 11) is 0. The van der Waals surface area contributed by atoms with E-state index in [-0.39, 0.29) is 30.6 Å². The molecule has 0 aromatic heterocycles. The van der Waals surface area contributed by atoms with Gasteiger partial charge < -0.3 is 23.7 Å². The Labute approximate surface area is 227 Å². The second-order valence-electron chi connectivity index (χ2n) is 8.73. The fourth-order valence-electron chi connectivity index (χ4n) is 3.09. The molecule has 0 aliphatic heterocycles. The Bertz CT molecular complexity index is 1340. The number of benzene rings is 3. The molecule has 0 saturated heterocycles. The van der Waals surface area contributed by atoms with Crippen LogP contribution in [0, 0.1) is 5.92 Å². The van der Waals surface area contributed by atoms with E-state index in [1.807, 2.05) is 36.4 Å². The van der Waals surface area contributed by atoms with Gasteiger partial charge in [0, 0.05) is 17.7 Å². The number of rotatable bonds is 12. The van der Waals surface area contributed by atoms with Gasteiger partial charge in [-0.3, -0.25) is 4.79 Å². The highest BCUT2D eigenvalue weighted by Crippen LogP contribution is 2.32. The Kier molecular flexibility index (Phi) is 10.0. The van der Waals surface area contributed by atoms with Gasteiger partial charge in [-0.05, 0) is 54.4 Å². The molecule has 0 N–H and O–H groups in total. The van der Waals surface area contributed by atoms with Crippen molar-refractivity contribution in [1.82, 2.24) is 0 Å². The Balaban J connectivity index is 1.54. The first-order valence-corrected chi connectivity index (χ1v) is 12.2. The molecule has 0 saturated carbocycles. The third kappa shape index (κ3) is 8.60. The Morgan fingerprint density at radius 1 is 0.744 bits per heavy atom. The summed E-state index contributed by atoms with van der Waals surface area (Å²) in [6.45, 7) is 12.4. The maximum Gasteiger partial charge on any atom is 0.338 e. The van der Waals surface area contributed by atoms with Gasteiger partial charge >= 0.3 is 17.9 Å². The van der Waals surface area contributed by atoms with Gasteiger partial charge in [0.15, 0.2) is 11.5 Å². The van der Waals surface area contributed by atoms with E-state index >= 15 is 0 Å². The normalized spacial score (nSPS) is 10.4. The molecule has 0 amide bonds. The van der Waals surface area contributed by atoms with E-state index in [0.29, 0.717) is 22.8 Å². The van der Waals surface area contributed by atoms with Crippen LogP contribution in [0.2, 0.25) is 0 Å². The molecule has 0 atom stereocenters. The van der Waals surface area contributed by atoms with Crippen molar-refractivity contribution in [3.63, 3.8) is 0 Å². The van der Waals surface area contributed by atoms with E-state index in [0.717, 1.165) is 17.2 Å². The molecule has 0 spiro atoms. The number of carbonyl (C=O) groups is 3. The molecule has 8 heteroatoms. The smallest absolute Gasteiger partial charge is 0.338 e. The molecule has 3 aromatic rings. The van der Waals surface area contributed by atoms with Crippen molar-refractivity contribution in [1.29, 1.82) is 0 Å². The minimum absolute atomic E-state index is 0.0462. The highest BCUT2D eigenvalue weighted by molar-refractivity contribution is 5.88. The highest BCUT2D eigenvalue weighted by Gasteiger charge is 2.16. The maximum atomic E-state index is 12.0. The van der Waals surface area contributed by atoms with Gasteiger partial charge in [0.25, 0.3) is 0 Å². The lowest BCUT2D eigenvalue weighted by Gasteiger charge is -2.13. The number of esters is 3. The summed E-state index contributed by atoms with van der Waals surface area (Å²) in [6, 6.07) is 19.3. The molecule has 8 nitrogen and oxygen atoms in total. The SMILES string of the molecule is C=CC(=O)Oc1cc(OCCOc2ccc(-c3ccc(OC(=O)C(=C)C)cc3)cc2)ccc1OC(=O)C(C)C. The number of ether oxygens (including phenoxy) is 5. The van der Waals surface area contributed by atoms with Crippen LogP contribution in [0.1, 0.15) is 20.8 Å². The van der Waals surface area contributed by atoms with Gasteiger partial charge in [0.05, 0.1) is 5.92 Å². The third-order valence-electron chi connectivity index (χ3n) is 5.20. The van der Waals surface area contributed by atoms with E-state index < -0.39 is 17.9 Å². The summed E-state index contributed by atoms with van der Waals surface area (Å²) in [6.07, 6.45) is 1.01. The fraction of sp³-hybridized carbons (Fsp3) is 0.194. The quantitative estimate of drug-likeness (QED) is 0.123. The predicted octanol–water partition coefficient (Wildman–Crippen LogP) is 5.95. The monoisotopic (exact) mass is 530 g/mol. The van der Waals surface area contributed by atoms with Crippen molar-refractivity contribution in [3.05, 3.63) is 91.5 Å². The van der Waals surface area contributed by atoms with Gasteiger partial charge in [-0.1, -0.05) is 51.3 Å². The number of hydrogen-bond donors (Lipinski definition) is 0. The molecule has 0 bridgehead atoms. The van der Waals surface area contributed by atoms with E-state index in [1.54, 1.807) is 39.0 Å². The van der Waals surface area contributed by atoms with E-state index in [2.05, 4.69) is 13.2 Å². The molecule has 0 radical (unpaired) electrons. The Morgan fingerprint density at radius 2 is 1.28 bits per heavy atom. The van der Waals surface area contributed by atoms with Crippen LogP contribution >= 0.6 is 0 Å². The van der Waals surface area contributed by atoms with Crippen molar-refractivity contribution in [3.8, 4) is 39.9 Å². The third-order valence-corrected chi connectivity index (χ3v) is 5.20. The lowest BCUT2D eigenvalue weighted by atomic mass is 10.1. The van der Waals surface area contributed by atoms with E-state index in [1.165, 1.54) is 12.1 Å². The van der Waals surface area contributed by atoms with Gasteiger partial charge in [-0.2, -0.15) is 0 Å². The first-order chi connectivity index (χ1) is 18.7. The molecule has 0 heterocycles. The molecular weight excluding hydrogens is 500 g/mol. The zero-order chi connectivity index (χ0) is 28.4. The minimum Gasteiger partial charge on any atom is -0.490 e. The summed E-state index contributed by atoms with van der Waals surface area (Å²) in [4.78, 5) is 35.3. The predicted molar refractivity (Wildman–Crippen MR) is 146 cm³/mol. The highest BCUT2D eigenvalue weighted by atomic mass is 16.6. The first kappa shape index (κ1) is 28.7. The van der Waals surface area contributed by atoms with Gasteiger partial charge in [0.1, 0.15) is 30.5 Å². The zero-order valence-corrected chi connectivity index (χ0v) is 22.1. The van der Waals surface area contributed by atoms with Crippen LogP contribution in [-0.4, -0.2) is 31.1 Å². The van der Waals surface area contributed by atoms with Crippen LogP contribution in [-0.2, 0) is 14.4 Å². The minimum atomic E-state index is -0.692. The fourth-order valence-corrected chi connectivity index (χ4v) is 3.09. The van der Waals surface area contributed by atoms with Gasteiger partial charge in [0.2, 0.25) is 0 Å². The van der Waals surface area contributed by atoms with Gasteiger partial charge in [-0.25, -0.2) is 9.59 Å². The van der Waals surface area contributed by atoms with Gasteiger partial charge in [-0.15, -0.1) is 0 Å². The molecule has 3 rings (SSSR count). The molecule has 202 valence electrons. The molecular formula is C31H30O8. The second-order valence-corrected chi connectivity index (χ2v) is 8.73. The van der Waals surface area contributed by atoms with Crippen molar-refractivity contribution in [2.45, 2.75) is 20.8 Å². The molecule has 3 aromatic carbocycles. The van der Waals surface area contributed by atoms with Crippen molar-refractivity contribution >= 4 is 17.9 Å². The Morgan fingerprint density at radius 3 is 1.82 bits per heavy atom. The average Bonchev–Trinajstić information content (AvgIpc) is 2.93. The summed E-state index contributed by atoms with van der Waals surface area (Å²) in [5.41, 5.74) is 2.26. The summed E-state index contributed by atoms with van der Waals surface area (Å²) in [5.74, 6) is -0.302. The molecule has 0 unspecified atom stereocenters. The van der Waals surface area contributed by atoms with Crippen LogP contribution in [0.4, 0.5) is 0 Å². The maximum absolute atomic E-state index is 12.0. The molecule has 39 heavy (non-hydrogen) atoms. The van der Waals surface area contributed by atoms with Crippen LogP contribution in [0.5, 0.6) is 28.7 Å². The van der Waals surface area contributed by atoms with Crippen LogP contribution in [0.3, 0.4) is 0 Å². The molecule has 0 aliphatic carbocycles. The zero-order valence-electron chi connectivity index (χ0n) is 22.1. The first-order valence-electron chi connectivity index (χ1n) is 12.2. The lowest BCUT2D eigenvalue weighted by molar-refractivity contribution is -0.138. The number of carbonyl (C=O) groups excluding carboxylic acids is 3. The van der Waals surface area contributed by atoms with Crippen LogP contribution < -0.4 is 23.7 Å². The van der Waals surface area contributed by atoms with Crippen LogP contribution in [0.25, 0.3) is 11.1 Å². The van der Waals surface area contributed by atoms with Crippen molar-refractivity contribution < 1.29 is 38.1 Å². The summed E-state index contributed by atoms with van der Waals surface area (Å²) < 4.78 is 27.2. The second kappa shape index (κ2) is 13.6. The average molecular weight is 531 g/mol. The Hall–Kier alpha value is -4.85. The van der Waals surface area contributed by atoms with E-state index in [4.69, 9.17) is 23.7 Å². The lowest BCUT2D eigenvalue weighted by Crippen LogP contribution is -2.16.